The van der Waals surface area contributed by atoms with Gasteiger partial charge in [0.05, 0.1) is 0 Å². The van der Waals surface area contributed by atoms with E-state index in [2.05, 4.69) is 204 Å². The van der Waals surface area contributed by atoms with E-state index in [1.807, 2.05) is 6.08 Å². The van der Waals surface area contributed by atoms with Crippen LogP contribution in [0.15, 0.2) is 170 Å². The first-order valence-electron chi connectivity index (χ1n) is 21.5. The monoisotopic (exact) mass is 768 g/mol. The molecule has 0 radical (unpaired) electrons. The summed E-state index contributed by atoms with van der Waals surface area (Å²) in [5, 5.41) is 7.75. The highest BCUT2D eigenvalue weighted by Crippen LogP contribution is 2.51. The minimum absolute atomic E-state index is 0.0615. The van der Waals surface area contributed by atoms with Gasteiger partial charge in [0.1, 0.15) is 0 Å². The Kier molecular flexibility index (Phi) is 8.29. The molecular formula is C60H48. The van der Waals surface area contributed by atoms with Gasteiger partial charge in [0, 0.05) is 10.8 Å². The third-order valence-corrected chi connectivity index (χ3v) is 14.0. The smallest absolute Gasteiger partial charge is 0.0159 e. The third-order valence-electron chi connectivity index (χ3n) is 14.0. The lowest BCUT2D eigenvalue weighted by molar-refractivity contribution is 0.659. The number of allylic oxidation sites excluding steroid dienone is 3. The van der Waals surface area contributed by atoms with Gasteiger partial charge in [-0.2, -0.15) is 0 Å². The molecule has 8 aromatic rings. The maximum atomic E-state index is 4.01. The van der Waals surface area contributed by atoms with E-state index in [1.165, 1.54) is 115 Å². The molecule has 60 heavy (non-hydrogen) atoms. The molecule has 3 aliphatic carbocycles. The first kappa shape index (κ1) is 36.4. The van der Waals surface area contributed by atoms with Gasteiger partial charge in [0.15, 0.2) is 0 Å². The number of fused-ring (bicyclic) bond motifs is 9. The Morgan fingerprint density at radius 2 is 1.12 bits per heavy atom. The molecule has 0 heteroatoms. The lowest BCUT2D eigenvalue weighted by Gasteiger charge is -2.24. The SMILES string of the molecule is C=C=C/C=C(\Cc1ccc2c(c1)C(C)(C)c1ccccc1-2)c1c2c(c(-c3ccc4c(c3)C(C)(C)c3ccccc3-4)c3cc(-c4ccc5ccccc5c4)ccc13)=CCCC=2. The molecular weight excluding hydrogens is 721 g/mol. The fourth-order valence-corrected chi connectivity index (χ4v) is 10.9. The normalized spacial score (nSPS) is 15.2. The summed E-state index contributed by atoms with van der Waals surface area (Å²) in [6.45, 7) is 13.5. The van der Waals surface area contributed by atoms with Gasteiger partial charge < -0.3 is 0 Å². The molecule has 0 saturated carbocycles. The van der Waals surface area contributed by atoms with Crippen LogP contribution in [0.3, 0.4) is 0 Å². The topological polar surface area (TPSA) is 0 Å². The Bertz CT molecular complexity index is 3340. The van der Waals surface area contributed by atoms with Crippen molar-refractivity contribution < 1.29 is 0 Å². The molecule has 8 aromatic carbocycles. The molecule has 0 bridgehead atoms. The molecule has 0 atom stereocenters. The maximum absolute atomic E-state index is 4.01. The summed E-state index contributed by atoms with van der Waals surface area (Å²) in [6, 6.07) is 55.1. The van der Waals surface area contributed by atoms with Crippen molar-refractivity contribution in [2.75, 3.05) is 0 Å². The van der Waals surface area contributed by atoms with Crippen LogP contribution < -0.4 is 10.4 Å². The fourth-order valence-electron chi connectivity index (χ4n) is 10.9. The first-order valence-corrected chi connectivity index (χ1v) is 21.5. The molecule has 0 saturated heterocycles. The molecule has 0 unspecified atom stereocenters. The van der Waals surface area contributed by atoms with Gasteiger partial charge in [-0.15, -0.1) is 5.73 Å². The van der Waals surface area contributed by atoms with E-state index in [9.17, 15) is 0 Å². The molecule has 0 N–H and O–H groups in total. The van der Waals surface area contributed by atoms with Gasteiger partial charge in [-0.25, -0.2) is 0 Å². The van der Waals surface area contributed by atoms with Crippen molar-refractivity contribution in [1.29, 1.82) is 0 Å². The second kappa shape index (κ2) is 13.7. The minimum atomic E-state index is -0.0947. The van der Waals surface area contributed by atoms with Crippen molar-refractivity contribution in [3.8, 4) is 44.5 Å². The lowest BCUT2D eigenvalue weighted by Crippen LogP contribution is -2.33. The standard InChI is InChI=1S/C60H48/c1-6-7-16-43(33-38-25-30-47-45-19-12-14-23-53(45)59(2,3)55(47)34-38)57-49-21-10-11-22-50(49)58(44-29-31-48-46-20-13-15-24-54(46)60(4,5)56(48)37-44)52-36-42(28-32-51(52)57)41-27-26-39-17-8-9-18-40(39)35-41/h7-9,12-32,34-37H,1,10-11,33H2,2-5H3/b43-16+. The van der Waals surface area contributed by atoms with Gasteiger partial charge in [-0.05, 0) is 159 Å². The zero-order valence-corrected chi connectivity index (χ0v) is 35.0. The summed E-state index contributed by atoms with van der Waals surface area (Å²) in [4.78, 5) is 0. The van der Waals surface area contributed by atoms with E-state index in [0.717, 1.165) is 19.3 Å². The highest BCUT2D eigenvalue weighted by molar-refractivity contribution is 6.06. The van der Waals surface area contributed by atoms with Gasteiger partial charge in [0.25, 0.3) is 0 Å². The highest BCUT2D eigenvalue weighted by atomic mass is 14.4. The van der Waals surface area contributed by atoms with Crippen molar-refractivity contribution in [1.82, 2.24) is 0 Å². The summed E-state index contributed by atoms with van der Waals surface area (Å²) in [5.74, 6) is 0. The fraction of sp³-hybridized carbons (Fsp3) is 0.150. The second-order valence-corrected chi connectivity index (χ2v) is 18.1. The average Bonchev–Trinajstić information content (AvgIpc) is 3.65. The van der Waals surface area contributed by atoms with Crippen molar-refractivity contribution in [3.05, 3.63) is 214 Å². The molecule has 0 nitrogen and oxygen atoms in total. The number of hydrogen-bond acceptors (Lipinski definition) is 0. The molecule has 0 aromatic heterocycles. The molecule has 0 spiro atoms. The molecule has 0 aliphatic heterocycles. The van der Waals surface area contributed by atoms with Crippen LogP contribution in [0.5, 0.6) is 0 Å². The Morgan fingerprint density at radius 1 is 0.533 bits per heavy atom. The summed E-state index contributed by atoms with van der Waals surface area (Å²) in [5.41, 5.74) is 23.0. The van der Waals surface area contributed by atoms with Crippen LogP contribution in [0.1, 0.15) is 73.9 Å². The Morgan fingerprint density at radius 3 is 1.85 bits per heavy atom. The van der Waals surface area contributed by atoms with E-state index >= 15 is 0 Å². The third kappa shape index (κ3) is 5.52. The van der Waals surface area contributed by atoms with E-state index in [1.54, 1.807) is 0 Å². The average molecular weight is 769 g/mol. The highest BCUT2D eigenvalue weighted by Gasteiger charge is 2.36. The first-order chi connectivity index (χ1) is 29.2. The van der Waals surface area contributed by atoms with Gasteiger partial charge in [-0.3, -0.25) is 0 Å². The van der Waals surface area contributed by atoms with Gasteiger partial charge in [0.2, 0.25) is 0 Å². The Balaban J connectivity index is 1.15. The largest absolute Gasteiger partial charge is 0.129 e. The summed E-state index contributed by atoms with van der Waals surface area (Å²) in [7, 11) is 0. The van der Waals surface area contributed by atoms with Crippen LogP contribution in [0, 0.1) is 0 Å². The predicted octanol–water partition coefficient (Wildman–Crippen LogP) is 14.3. The molecule has 0 fully saturated rings. The zero-order valence-electron chi connectivity index (χ0n) is 35.0. The van der Waals surface area contributed by atoms with E-state index < -0.39 is 0 Å². The second-order valence-electron chi connectivity index (χ2n) is 18.1. The summed E-state index contributed by atoms with van der Waals surface area (Å²) < 4.78 is 0. The number of hydrogen-bond donors (Lipinski definition) is 0. The molecule has 3 aliphatic rings. The van der Waals surface area contributed by atoms with Crippen molar-refractivity contribution in [3.63, 3.8) is 0 Å². The quantitative estimate of drug-likeness (QED) is 0.117. The van der Waals surface area contributed by atoms with Crippen molar-refractivity contribution in [2.24, 2.45) is 0 Å². The van der Waals surface area contributed by atoms with Crippen LogP contribution in [-0.4, -0.2) is 0 Å². The predicted molar refractivity (Wildman–Crippen MR) is 257 cm³/mol. The van der Waals surface area contributed by atoms with Crippen molar-refractivity contribution in [2.45, 2.75) is 57.8 Å². The number of benzene rings is 8. The molecule has 0 amide bonds. The molecule has 288 valence electrons. The summed E-state index contributed by atoms with van der Waals surface area (Å²) >= 11 is 0. The van der Waals surface area contributed by atoms with E-state index in [4.69, 9.17) is 0 Å². The van der Waals surface area contributed by atoms with E-state index in [-0.39, 0.29) is 10.8 Å². The Hall–Kier alpha value is -6.72. The number of rotatable bonds is 6. The summed E-state index contributed by atoms with van der Waals surface area (Å²) in [6.07, 6.45) is 12.1. The van der Waals surface area contributed by atoms with Crippen LogP contribution in [0.2, 0.25) is 0 Å². The minimum Gasteiger partial charge on any atom is -0.129 e. The zero-order chi connectivity index (χ0) is 40.8. The van der Waals surface area contributed by atoms with Crippen LogP contribution in [-0.2, 0) is 17.3 Å². The van der Waals surface area contributed by atoms with Crippen LogP contribution in [0.25, 0.3) is 83.8 Å². The maximum Gasteiger partial charge on any atom is 0.0159 e. The van der Waals surface area contributed by atoms with Gasteiger partial charge in [-0.1, -0.05) is 180 Å². The van der Waals surface area contributed by atoms with Crippen LogP contribution in [0.4, 0.5) is 0 Å². The lowest BCUT2D eigenvalue weighted by atomic mass is 9.79. The van der Waals surface area contributed by atoms with Crippen LogP contribution >= 0.6 is 0 Å². The van der Waals surface area contributed by atoms with E-state index in [0.29, 0.717) is 0 Å². The molecule has 11 rings (SSSR count). The molecule has 0 heterocycles. The Labute approximate surface area is 353 Å². The van der Waals surface area contributed by atoms with Crippen molar-refractivity contribution >= 4 is 39.3 Å². The van der Waals surface area contributed by atoms with Gasteiger partial charge >= 0.3 is 0 Å².